The third-order valence-corrected chi connectivity index (χ3v) is 3.62. The summed E-state index contributed by atoms with van der Waals surface area (Å²) in [6, 6.07) is 7.93. The Morgan fingerprint density at radius 3 is 2.65 bits per heavy atom. The van der Waals surface area contributed by atoms with Gasteiger partial charge in [0, 0.05) is 16.1 Å². The Kier molecular flexibility index (Phi) is 7.14. The highest BCUT2D eigenvalue weighted by molar-refractivity contribution is 7.09. The molecule has 0 saturated carbocycles. The molecule has 0 fully saturated rings. The van der Waals surface area contributed by atoms with E-state index in [1.54, 1.807) is 0 Å². The van der Waals surface area contributed by atoms with Gasteiger partial charge < -0.3 is 14.0 Å². The molecule has 20 heavy (non-hydrogen) atoms. The lowest BCUT2D eigenvalue weighted by Crippen LogP contribution is -2.35. The summed E-state index contributed by atoms with van der Waals surface area (Å²) in [5.41, 5.74) is 1.38. The van der Waals surface area contributed by atoms with Crippen LogP contribution >= 0.6 is 9.47 Å². The van der Waals surface area contributed by atoms with Crippen molar-refractivity contribution in [2.45, 2.75) is 25.7 Å². The fraction of sp³-hybridized carbons (Fsp3) is 0.533. The first-order chi connectivity index (χ1) is 9.54. The highest BCUT2D eigenvalue weighted by Gasteiger charge is 2.36. The van der Waals surface area contributed by atoms with Crippen LogP contribution in [0, 0.1) is 6.92 Å². The fourth-order valence-electron chi connectivity index (χ4n) is 2.06. The number of esters is 1. The average Bonchev–Trinajstić information content (AvgIpc) is 2.46. The Labute approximate surface area is 123 Å². The molecule has 0 saturated heterocycles. The molecule has 0 aromatic heterocycles. The van der Waals surface area contributed by atoms with Crippen molar-refractivity contribution in [3.05, 3.63) is 35.4 Å². The number of methoxy groups -OCH3 is 1. The Hall–Kier alpha value is -0.960. The van der Waals surface area contributed by atoms with Crippen LogP contribution in [0.15, 0.2) is 24.3 Å². The SMILES string of the molecule is COC(=O)C(C)(CCOCCOP)c1cccc(C)c1. The van der Waals surface area contributed by atoms with Gasteiger partial charge in [0.25, 0.3) is 0 Å². The van der Waals surface area contributed by atoms with E-state index in [0.29, 0.717) is 26.2 Å². The van der Waals surface area contributed by atoms with Gasteiger partial charge in [0.1, 0.15) is 0 Å². The molecule has 5 heteroatoms. The second kappa shape index (κ2) is 8.35. The molecule has 2 atom stereocenters. The summed E-state index contributed by atoms with van der Waals surface area (Å²) in [6.45, 7) is 5.41. The van der Waals surface area contributed by atoms with Crippen molar-refractivity contribution in [1.29, 1.82) is 0 Å². The lowest BCUT2D eigenvalue weighted by atomic mass is 9.79. The van der Waals surface area contributed by atoms with Crippen molar-refractivity contribution in [3.8, 4) is 0 Å². The van der Waals surface area contributed by atoms with Gasteiger partial charge in [-0.05, 0) is 25.8 Å². The van der Waals surface area contributed by atoms with Gasteiger partial charge in [-0.3, -0.25) is 4.79 Å². The zero-order chi connectivity index (χ0) is 15.0. The first-order valence-electron chi connectivity index (χ1n) is 6.59. The Morgan fingerprint density at radius 2 is 2.05 bits per heavy atom. The molecule has 0 aliphatic heterocycles. The van der Waals surface area contributed by atoms with Crippen molar-refractivity contribution in [2.24, 2.45) is 0 Å². The molecule has 0 N–H and O–H groups in total. The Morgan fingerprint density at radius 1 is 1.30 bits per heavy atom. The molecule has 0 amide bonds. The number of benzene rings is 1. The number of rotatable bonds is 8. The first-order valence-corrected chi connectivity index (χ1v) is 7.06. The zero-order valence-corrected chi connectivity index (χ0v) is 13.5. The summed E-state index contributed by atoms with van der Waals surface area (Å²) in [4.78, 5) is 12.2. The van der Waals surface area contributed by atoms with Crippen molar-refractivity contribution in [3.63, 3.8) is 0 Å². The van der Waals surface area contributed by atoms with E-state index in [0.717, 1.165) is 11.1 Å². The molecule has 1 rings (SSSR count). The molecular weight excluding hydrogens is 275 g/mol. The predicted octanol–water partition coefficient (Wildman–Crippen LogP) is 2.64. The van der Waals surface area contributed by atoms with Gasteiger partial charge in [-0.2, -0.15) is 0 Å². The molecule has 112 valence electrons. The van der Waals surface area contributed by atoms with Gasteiger partial charge in [-0.1, -0.05) is 29.8 Å². The quantitative estimate of drug-likeness (QED) is 0.420. The molecule has 0 bridgehead atoms. The van der Waals surface area contributed by atoms with Gasteiger partial charge in [0.15, 0.2) is 0 Å². The topological polar surface area (TPSA) is 44.8 Å². The summed E-state index contributed by atoms with van der Waals surface area (Å²) in [5.74, 6) is -0.242. The number of ether oxygens (including phenoxy) is 2. The van der Waals surface area contributed by atoms with Crippen molar-refractivity contribution < 1.29 is 18.8 Å². The maximum atomic E-state index is 12.2. The fourth-order valence-corrected chi connectivity index (χ4v) is 2.16. The van der Waals surface area contributed by atoms with E-state index < -0.39 is 5.41 Å². The summed E-state index contributed by atoms with van der Waals surface area (Å²) in [6.07, 6.45) is 0.569. The van der Waals surface area contributed by atoms with Crippen LogP contribution in [0.5, 0.6) is 0 Å². The molecule has 2 unspecified atom stereocenters. The van der Waals surface area contributed by atoms with Crippen LogP contribution in [0.1, 0.15) is 24.5 Å². The molecule has 0 heterocycles. The third kappa shape index (κ3) is 4.55. The number of carbonyl (C=O) groups is 1. The standard InChI is InChI=1S/C15H23O4P/c1-12-5-4-6-13(11-12)15(2,14(16)17-3)7-8-18-9-10-19-20/h4-6,11H,7-10,20H2,1-3H3. The van der Waals surface area contributed by atoms with E-state index in [9.17, 15) is 4.79 Å². The zero-order valence-electron chi connectivity index (χ0n) is 12.3. The second-order valence-corrected chi connectivity index (χ2v) is 5.26. The minimum atomic E-state index is -0.692. The molecule has 1 aromatic rings. The normalized spacial score (nSPS) is 13.8. The van der Waals surface area contributed by atoms with Crippen molar-refractivity contribution in [2.75, 3.05) is 26.9 Å². The molecule has 0 aliphatic rings. The third-order valence-electron chi connectivity index (χ3n) is 3.38. The predicted molar refractivity (Wildman–Crippen MR) is 81.6 cm³/mol. The summed E-state index contributed by atoms with van der Waals surface area (Å²) >= 11 is 0. The molecule has 1 aromatic carbocycles. The maximum Gasteiger partial charge on any atom is 0.316 e. The van der Waals surface area contributed by atoms with Crippen molar-refractivity contribution in [1.82, 2.24) is 0 Å². The molecular formula is C15H23O4P. The number of hydrogen-bond donors (Lipinski definition) is 0. The van der Waals surface area contributed by atoms with Crippen molar-refractivity contribution >= 4 is 15.4 Å². The Balaban J connectivity index is 2.79. The van der Waals surface area contributed by atoms with E-state index in [-0.39, 0.29) is 5.97 Å². The first kappa shape index (κ1) is 17.1. The smallest absolute Gasteiger partial charge is 0.316 e. The van der Waals surface area contributed by atoms with Crippen LogP contribution in [-0.4, -0.2) is 32.9 Å². The van der Waals surface area contributed by atoms with E-state index in [2.05, 4.69) is 9.47 Å². The van der Waals surface area contributed by atoms with Gasteiger partial charge in [-0.25, -0.2) is 0 Å². The molecule has 0 radical (unpaired) electrons. The van der Waals surface area contributed by atoms with Crippen LogP contribution in [0.3, 0.4) is 0 Å². The second-order valence-electron chi connectivity index (χ2n) is 4.93. The van der Waals surface area contributed by atoms with Crippen LogP contribution in [0.4, 0.5) is 0 Å². The number of hydrogen-bond acceptors (Lipinski definition) is 4. The average molecular weight is 298 g/mol. The largest absolute Gasteiger partial charge is 0.468 e. The van der Waals surface area contributed by atoms with Gasteiger partial charge in [0.2, 0.25) is 0 Å². The highest BCUT2D eigenvalue weighted by atomic mass is 31.0. The maximum absolute atomic E-state index is 12.2. The van der Waals surface area contributed by atoms with Gasteiger partial charge in [-0.15, -0.1) is 0 Å². The van der Waals surface area contributed by atoms with E-state index in [1.807, 2.05) is 38.1 Å². The van der Waals surface area contributed by atoms with E-state index in [1.165, 1.54) is 7.11 Å². The lowest BCUT2D eigenvalue weighted by Gasteiger charge is -2.27. The van der Waals surface area contributed by atoms with Crippen LogP contribution in [-0.2, 0) is 24.2 Å². The monoisotopic (exact) mass is 298 g/mol. The summed E-state index contributed by atoms with van der Waals surface area (Å²) in [7, 11) is 3.60. The lowest BCUT2D eigenvalue weighted by molar-refractivity contribution is -0.147. The summed E-state index contributed by atoms with van der Waals surface area (Å²) in [5, 5.41) is 0. The summed E-state index contributed by atoms with van der Waals surface area (Å²) < 4.78 is 15.3. The minimum Gasteiger partial charge on any atom is -0.468 e. The molecule has 4 nitrogen and oxygen atoms in total. The van der Waals surface area contributed by atoms with Gasteiger partial charge in [0.05, 0.1) is 25.7 Å². The van der Waals surface area contributed by atoms with Crippen LogP contribution < -0.4 is 0 Å². The molecule has 0 aliphatic carbocycles. The van der Waals surface area contributed by atoms with Gasteiger partial charge >= 0.3 is 5.97 Å². The minimum absolute atomic E-state index is 0.242. The van der Waals surface area contributed by atoms with Crippen LogP contribution in [0.2, 0.25) is 0 Å². The Bertz CT molecular complexity index is 436. The molecule has 0 spiro atoms. The van der Waals surface area contributed by atoms with E-state index >= 15 is 0 Å². The number of carbonyl (C=O) groups excluding carboxylic acids is 1. The number of aryl methyl sites for hydroxylation is 1. The van der Waals surface area contributed by atoms with E-state index in [4.69, 9.17) is 14.0 Å². The highest BCUT2D eigenvalue weighted by Crippen LogP contribution is 2.29. The van der Waals surface area contributed by atoms with Crippen LogP contribution in [0.25, 0.3) is 0 Å².